The summed E-state index contributed by atoms with van der Waals surface area (Å²) in [5, 5.41) is 15.6. The normalized spacial score (nSPS) is 13.2. The molecule has 0 fully saturated rings. The van der Waals surface area contributed by atoms with Crippen LogP contribution in [0.15, 0.2) is 35.0 Å². The number of hydrogen-bond donors (Lipinski definition) is 1. The lowest BCUT2D eigenvalue weighted by atomic mass is 10.1. The standard InChI is InChI=1S/C17H19N5O3/c1-17(2,3)22-9-11(8-19-22)7-18-16-21-20-15(25-16)12-4-5-13-14(6-12)24-10-23-13/h4-6,8-9H,7,10H2,1-3H3,(H,18,21). The molecule has 0 spiro atoms. The summed E-state index contributed by atoms with van der Waals surface area (Å²) >= 11 is 0. The molecule has 1 N–H and O–H groups in total. The second kappa shape index (κ2) is 5.80. The van der Waals surface area contributed by atoms with Crippen LogP contribution < -0.4 is 14.8 Å². The number of hydrogen-bond acceptors (Lipinski definition) is 7. The first-order valence-corrected chi connectivity index (χ1v) is 8.00. The third kappa shape index (κ3) is 3.15. The van der Waals surface area contributed by atoms with Crippen LogP contribution in [0.2, 0.25) is 0 Å². The number of fused-ring (bicyclic) bond motifs is 1. The predicted octanol–water partition coefficient (Wildman–Crippen LogP) is 3.03. The van der Waals surface area contributed by atoms with Crippen molar-refractivity contribution in [3.05, 3.63) is 36.2 Å². The number of rotatable bonds is 4. The zero-order chi connectivity index (χ0) is 17.4. The fourth-order valence-corrected chi connectivity index (χ4v) is 2.44. The molecule has 1 aliphatic rings. The van der Waals surface area contributed by atoms with Crippen molar-refractivity contribution in [2.45, 2.75) is 32.9 Å². The number of nitrogens with one attached hydrogen (secondary N) is 1. The van der Waals surface area contributed by atoms with E-state index in [2.05, 4.69) is 41.4 Å². The maximum Gasteiger partial charge on any atom is 0.316 e. The van der Waals surface area contributed by atoms with Gasteiger partial charge in [-0.05, 0) is 39.0 Å². The van der Waals surface area contributed by atoms with Crippen molar-refractivity contribution in [1.29, 1.82) is 0 Å². The van der Waals surface area contributed by atoms with Gasteiger partial charge in [-0.2, -0.15) is 5.10 Å². The fraction of sp³-hybridized carbons (Fsp3) is 0.353. The van der Waals surface area contributed by atoms with Gasteiger partial charge in [0.1, 0.15) is 0 Å². The minimum absolute atomic E-state index is 0.0464. The van der Waals surface area contributed by atoms with Gasteiger partial charge in [0.15, 0.2) is 11.5 Å². The summed E-state index contributed by atoms with van der Waals surface area (Å²) in [5.74, 6) is 1.82. The summed E-state index contributed by atoms with van der Waals surface area (Å²) in [6, 6.07) is 5.87. The van der Waals surface area contributed by atoms with E-state index < -0.39 is 0 Å². The van der Waals surface area contributed by atoms with Gasteiger partial charge in [0.05, 0.1) is 11.7 Å². The molecule has 0 bridgehead atoms. The smallest absolute Gasteiger partial charge is 0.316 e. The Kier molecular flexibility index (Phi) is 3.60. The SMILES string of the molecule is CC(C)(C)n1cc(CNc2nnc(-c3ccc4c(c3)OCO4)o2)cn1. The van der Waals surface area contributed by atoms with Crippen LogP contribution in [-0.4, -0.2) is 26.8 Å². The number of anilines is 1. The van der Waals surface area contributed by atoms with E-state index >= 15 is 0 Å². The molecule has 3 aromatic rings. The number of nitrogens with zero attached hydrogens (tertiary/aromatic N) is 4. The number of aromatic nitrogens is 4. The van der Waals surface area contributed by atoms with E-state index in [1.165, 1.54) is 0 Å². The van der Waals surface area contributed by atoms with Crippen LogP contribution in [-0.2, 0) is 12.1 Å². The van der Waals surface area contributed by atoms with Crippen molar-refractivity contribution < 1.29 is 13.9 Å². The largest absolute Gasteiger partial charge is 0.454 e. The third-order valence-electron chi connectivity index (χ3n) is 3.81. The lowest BCUT2D eigenvalue weighted by Crippen LogP contribution is -2.21. The Labute approximate surface area is 144 Å². The topological polar surface area (TPSA) is 87.2 Å². The molecule has 25 heavy (non-hydrogen) atoms. The van der Waals surface area contributed by atoms with E-state index in [9.17, 15) is 0 Å². The zero-order valence-corrected chi connectivity index (χ0v) is 14.3. The third-order valence-corrected chi connectivity index (χ3v) is 3.81. The van der Waals surface area contributed by atoms with E-state index in [0.29, 0.717) is 24.2 Å². The number of benzene rings is 1. The van der Waals surface area contributed by atoms with Gasteiger partial charge in [0.25, 0.3) is 0 Å². The van der Waals surface area contributed by atoms with Crippen LogP contribution in [0, 0.1) is 0 Å². The molecule has 0 atom stereocenters. The number of ether oxygens (including phenoxy) is 2. The molecule has 0 radical (unpaired) electrons. The quantitative estimate of drug-likeness (QED) is 0.780. The lowest BCUT2D eigenvalue weighted by Gasteiger charge is -2.18. The van der Waals surface area contributed by atoms with Crippen molar-refractivity contribution in [3.63, 3.8) is 0 Å². The summed E-state index contributed by atoms with van der Waals surface area (Å²) < 4.78 is 18.3. The van der Waals surface area contributed by atoms with Gasteiger partial charge in [0, 0.05) is 23.9 Å². The van der Waals surface area contributed by atoms with Crippen molar-refractivity contribution >= 4 is 6.01 Å². The highest BCUT2D eigenvalue weighted by Gasteiger charge is 2.17. The zero-order valence-electron chi connectivity index (χ0n) is 14.3. The highest BCUT2D eigenvalue weighted by atomic mass is 16.7. The molecule has 2 aromatic heterocycles. The molecule has 0 saturated carbocycles. The van der Waals surface area contributed by atoms with Crippen LogP contribution in [0.25, 0.3) is 11.5 Å². The van der Waals surface area contributed by atoms with Crippen LogP contribution in [0.1, 0.15) is 26.3 Å². The van der Waals surface area contributed by atoms with E-state index in [0.717, 1.165) is 16.9 Å². The first-order chi connectivity index (χ1) is 12.0. The minimum atomic E-state index is -0.0464. The van der Waals surface area contributed by atoms with Crippen molar-refractivity contribution in [2.24, 2.45) is 0 Å². The minimum Gasteiger partial charge on any atom is -0.454 e. The highest BCUT2D eigenvalue weighted by Crippen LogP contribution is 2.35. The molecule has 3 heterocycles. The summed E-state index contributed by atoms with van der Waals surface area (Å²) in [6.07, 6.45) is 3.83. The molecule has 0 unspecified atom stereocenters. The second-order valence-corrected chi connectivity index (χ2v) is 6.80. The molecule has 0 saturated heterocycles. The summed E-state index contributed by atoms with van der Waals surface area (Å²) in [5.41, 5.74) is 1.78. The first-order valence-electron chi connectivity index (χ1n) is 8.00. The summed E-state index contributed by atoms with van der Waals surface area (Å²) in [6.45, 7) is 7.10. The van der Waals surface area contributed by atoms with Gasteiger partial charge in [-0.15, -0.1) is 5.10 Å². The Morgan fingerprint density at radius 1 is 1.16 bits per heavy atom. The van der Waals surface area contributed by atoms with E-state index in [4.69, 9.17) is 13.9 Å². The fourth-order valence-electron chi connectivity index (χ4n) is 2.44. The Bertz CT molecular complexity index is 894. The van der Waals surface area contributed by atoms with Gasteiger partial charge in [-0.1, -0.05) is 5.10 Å². The van der Waals surface area contributed by atoms with Crippen LogP contribution in [0.3, 0.4) is 0 Å². The summed E-state index contributed by atoms with van der Waals surface area (Å²) in [4.78, 5) is 0. The average molecular weight is 341 g/mol. The van der Waals surface area contributed by atoms with Gasteiger partial charge in [0.2, 0.25) is 12.7 Å². The highest BCUT2D eigenvalue weighted by molar-refractivity contribution is 5.60. The first kappa shape index (κ1) is 15.5. The summed E-state index contributed by atoms with van der Waals surface area (Å²) in [7, 11) is 0. The Morgan fingerprint density at radius 2 is 2.00 bits per heavy atom. The molecule has 0 aliphatic carbocycles. The molecular formula is C17H19N5O3. The van der Waals surface area contributed by atoms with Gasteiger partial charge in [-0.25, -0.2) is 0 Å². The van der Waals surface area contributed by atoms with E-state index in [1.54, 1.807) is 0 Å². The molecular weight excluding hydrogens is 322 g/mol. The van der Waals surface area contributed by atoms with Crippen molar-refractivity contribution in [1.82, 2.24) is 20.0 Å². The van der Waals surface area contributed by atoms with Gasteiger partial charge < -0.3 is 19.2 Å². The molecule has 8 heteroatoms. The van der Waals surface area contributed by atoms with E-state index in [-0.39, 0.29) is 12.3 Å². The van der Waals surface area contributed by atoms with Crippen molar-refractivity contribution in [3.8, 4) is 23.0 Å². The molecule has 8 nitrogen and oxygen atoms in total. The molecule has 0 amide bonds. The Hall–Kier alpha value is -3.03. The molecule has 1 aliphatic heterocycles. The van der Waals surface area contributed by atoms with Crippen LogP contribution in [0.4, 0.5) is 6.01 Å². The maximum atomic E-state index is 5.67. The Balaban J connectivity index is 1.44. The second-order valence-electron chi connectivity index (χ2n) is 6.80. The molecule has 1 aromatic carbocycles. The molecule has 4 rings (SSSR count). The average Bonchev–Trinajstić information content (AvgIpc) is 3.31. The lowest BCUT2D eigenvalue weighted by molar-refractivity contribution is 0.174. The Morgan fingerprint density at radius 3 is 2.80 bits per heavy atom. The van der Waals surface area contributed by atoms with Gasteiger partial charge >= 0.3 is 6.01 Å². The van der Waals surface area contributed by atoms with Crippen LogP contribution >= 0.6 is 0 Å². The molecule has 130 valence electrons. The van der Waals surface area contributed by atoms with Gasteiger partial charge in [-0.3, -0.25) is 4.68 Å². The van der Waals surface area contributed by atoms with E-state index in [1.807, 2.05) is 35.3 Å². The van der Waals surface area contributed by atoms with Crippen molar-refractivity contribution in [2.75, 3.05) is 12.1 Å². The van der Waals surface area contributed by atoms with Crippen LogP contribution in [0.5, 0.6) is 11.5 Å². The predicted molar refractivity (Wildman–Crippen MR) is 90.4 cm³/mol. The maximum absolute atomic E-state index is 5.67. The monoisotopic (exact) mass is 341 g/mol.